The predicted octanol–water partition coefficient (Wildman–Crippen LogP) is 1.42. The highest BCUT2D eigenvalue weighted by molar-refractivity contribution is 5.84. The molecule has 5 heteroatoms. The average Bonchev–Trinajstić information content (AvgIpc) is 2.11. The zero-order chi connectivity index (χ0) is 13.6. The molecule has 0 saturated heterocycles. The van der Waals surface area contributed by atoms with Crippen LogP contribution < -0.4 is 5.32 Å². The minimum atomic E-state index is -1.01. The lowest BCUT2D eigenvalue weighted by molar-refractivity contribution is -0.144. The van der Waals surface area contributed by atoms with Crippen LogP contribution in [-0.4, -0.2) is 35.2 Å². The lowest BCUT2D eigenvalue weighted by Crippen LogP contribution is -2.44. The van der Waals surface area contributed by atoms with Gasteiger partial charge in [0.15, 0.2) is 0 Å². The normalized spacial score (nSPS) is 13.5. The number of aliphatic carboxylic acids is 1. The lowest BCUT2D eigenvalue weighted by atomic mass is 10.0. The molecule has 0 radical (unpaired) electrons. The molecular formula is C12H23NO4. The Morgan fingerprint density at radius 3 is 2.18 bits per heavy atom. The molecule has 0 saturated carbocycles. The van der Waals surface area contributed by atoms with Crippen molar-refractivity contribution in [2.45, 2.75) is 52.7 Å². The molecule has 0 bridgehead atoms. The number of hydrogen-bond donors (Lipinski definition) is 2. The van der Waals surface area contributed by atoms with Gasteiger partial charge in [-0.15, -0.1) is 0 Å². The van der Waals surface area contributed by atoms with E-state index in [0.29, 0.717) is 6.42 Å². The zero-order valence-corrected chi connectivity index (χ0v) is 11.2. The van der Waals surface area contributed by atoms with Crippen molar-refractivity contribution in [1.82, 2.24) is 5.32 Å². The highest BCUT2D eigenvalue weighted by Crippen LogP contribution is 2.07. The molecule has 0 unspecified atom stereocenters. The van der Waals surface area contributed by atoms with E-state index in [1.807, 2.05) is 34.6 Å². The fraction of sp³-hybridized carbons (Fsp3) is 0.833. The van der Waals surface area contributed by atoms with E-state index in [1.165, 1.54) is 0 Å². The Balaban J connectivity index is 4.18. The molecule has 2 N–H and O–H groups in total. The van der Waals surface area contributed by atoms with E-state index in [2.05, 4.69) is 5.32 Å². The average molecular weight is 245 g/mol. The summed E-state index contributed by atoms with van der Waals surface area (Å²) in [4.78, 5) is 22.4. The van der Waals surface area contributed by atoms with E-state index in [-0.39, 0.29) is 12.5 Å². The van der Waals surface area contributed by atoms with Crippen LogP contribution in [-0.2, 0) is 14.3 Å². The van der Waals surface area contributed by atoms with Gasteiger partial charge in [-0.05, 0) is 33.1 Å². The number of carboxylic acid groups (broad SMARTS) is 1. The molecule has 0 aliphatic heterocycles. The molecule has 100 valence electrons. The van der Waals surface area contributed by atoms with Gasteiger partial charge in [-0.2, -0.15) is 0 Å². The highest BCUT2D eigenvalue weighted by atomic mass is 16.5. The smallest absolute Gasteiger partial charge is 0.326 e. The number of nitrogens with one attached hydrogen (secondary N) is 1. The van der Waals surface area contributed by atoms with E-state index in [4.69, 9.17) is 9.84 Å². The Morgan fingerprint density at radius 1 is 1.29 bits per heavy atom. The first kappa shape index (κ1) is 15.9. The minimum Gasteiger partial charge on any atom is -0.480 e. The number of ether oxygens (including phenoxy) is 1. The van der Waals surface area contributed by atoms with Crippen molar-refractivity contribution in [1.29, 1.82) is 0 Å². The van der Waals surface area contributed by atoms with E-state index >= 15 is 0 Å². The Morgan fingerprint density at radius 2 is 1.82 bits per heavy atom. The molecule has 0 aromatic rings. The van der Waals surface area contributed by atoms with Crippen LogP contribution in [0.5, 0.6) is 0 Å². The van der Waals surface area contributed by atoms with Gasteiger partial charge in [0.25, 0.3) is 0 Å². The van der Waals surface area contributed by atoms with E-state index in [9.17, 15) is 9.59 Å². The summed E-state index contributed by atoms with van der Waals surface area (Å²) in [7, 11) is 0. The molecule has 0 aliphatic carbocycles. The SMILES string of the molecule is CC(C)C[C@@H](NC(=O)COC(C)(C)C)C(=O)O. The second-order valence-electron chi connectivity index (χ2n) is 5.49. The summed E-state index contributed by atoms with van der Waals surface area (Å²) in [5.74, 6) is -1.20. The summed E-state index contributed by atoms with van der Waals surface area (Å²) in [6.45, 7) is 9.21. The predicted molar refractivity (Wildman–Crippen MR) is 64.7 cm³/mol. The Bertz CT molecular complexity index is 268. The maximum Gasteiger partial charge on any atom is 0.326 e. The number of rotatable bonds is 6. The topological polar surface area (TPSA) is 75.6 Å². The zero-order valence-electron chi connectivity index (χ0n) is 11.2. The second kappa shape index (κ2) is 6.59. The number of carbonyl (C=O) groups is 2. The third kappa shape index (κ3) is 8.68. The van der Waals surface area contributed by atoms with Gasteiger partial charge < -0.3 is 15.2 Å². The van der Waals surface area contributed by atoms with Gasteiger partial charge in [0.05, 0.1) is 5.60 Å². The maximum atomic E-state index is 11.5. The first-order valence-electron chi connectivity index (χ1n) is 5.78. The van der Waals surface area contributed by atoms with Crippen molar-refractivity contribution < 1.29 is 19.4 Å². The van der Waals surface area contributed by atoms with Crippen molar-refractivity contribution in [3.8, 4) is 0 Å². The molecule has 0 aliphatic rings. The molecule has 1 atom stereocenters. The van der Waals surface area contributed by atoms with E-state index < -0.39 is 23.5 Å². The third-order valence-electron chi connectivity index (χ3n) is 1.98. The Labute approximate surface area is 103 Å². The fourth-order valence-electron chi connectivity index (χ4n) is 1.21. The fourth-order valence-corrected chi connectivity index (χ4v) is 1.21. The summed E-state index contributed by atoms with van der Waals surface area (Å²) in [6, 6.07) is -0.842. The minimum absolute atomic E-state index is 0.120. The number of carbonyl (C=O) groups excluding carboxylic acids is 1. The van der Waals surface area contributed by atoms with Crippen molar-refractivity contribution in [2.75, 3.05) is 6.61 Å². The molecule has 5 nitrogen and oxygen atoms in total. The van der Waals surface area contributed by atoms with Crippen LogP contribution in [0.1, 0.15) is 41.0 Å². The van der Waals surface area contributed by atoms with Gasteiger partial charge in [0.1, 0.15) is 12.6 Å². The molecule has 17 heavy (non-hydrogen) atoms. The van der Waals surface area contributed by atoms with Crippen molar-refractivity contribution in [3.05, 3.63) is 0 Å². The molecule has 0 rings (SSSR count). The third-order valence-corrected chi connectivity index (χ3v) is 1.98. The van der Waals surface area contributed by atoms with Crippen LogP contribution >= 0.6 is 0 Å². The summed E-state index contributed by atoms with van der Waals surface area (Å²) in [5, 5.41) is 11.4. The molecule has 0 aromatic heterocycles. The Kier molecular flexibility index (Phi) is 6.16. The summed E-state index contributed by atoms with van der Waals surface area (Å²) >= 11 is 0. The van der Waals surface area contributed by atoms with Crippen LogP contribution in [0.3, 0.4) is 0 Å². The van der Waals surface area contributed by atoms with Crippen molar-refractivity contribution >= 4 is 11.9 Å². The lowest BCUT2D eigenvalue weighted by Gasteiger charge is -2.21. The van der Waals surface area contributed by atoms with Crippen molar-refractivity contribution in [3.63, 3.8) is 0 Å². The van der Waals surface area contributed by atoms with Gasteiger partial charge in [0, 0.05) is 0 Å². The first-order chi connectivity index (χ1) is 7.61. The summed E-state index contributed by atoms with van der Waals surface area (Å²) in [6.07, 6.45) is 0.413. The van der Waals surface area contributed by atoms with Gasteiger partial charge >= 0.3 is 5.97 Å². The molecular weight excluding hydrogens is 222 g/mol. The number of carboxylic acids is 1. The van der Waals surface area contributed by atoms with Gasteiger partial charge in [-0.1, -0.05) is 13.8 Å². The second-order valence-corrected chi connectivity index (χ2v) is 5.49. The van der Waals surface area contributed by atoms with E-state index in [1.54, 1.807) is 0 Å². The highest BCUT2D eigenvalue weighted by Gasteiger charge is 2.22. The molecule has 0 fully saturated rings. The van der Waals surface area contributed by atoms with Gasteiger partial charge in [-0.3, -0.25) is 4.79 Å². The van der Waals surface area contributed by atoms with E-state index in [0.717, 1.165) is 0 Å². The number of hydrogen-bond acceptors (Lipinski definition) is 3. The number of amides is 1. The molecule has 0 aromatic carbocycles. The van der Waals surface area contributed by atoms with Crippen LogP contribution in [0, 0.1) is 5.92 Å². The van der Waals surface area contributed by atoms with Crippen LogP contribution in [0.2, 0.25) is 0 Å². The standard InChI is InChI=1S/C12H23NO4/c1-8(2)6-9(11(15)16)13-10(14)7-17-12(3,4)5/h8-9H,6-7H2,1-5H3,(H,13,14)(H,15,16)/t9-/m1/s1. The van der Waals surface area contributed by atoms with Crippen molar-refractivity contribution in [2.24, 2.45) is 5.92 Å². The quantitative estimate of drug-likeness (QED) is 0.742. The Hall–Kier alpha value is -1.10. The maximum absolute atomic E-state index is 11.5. The van der Waals surface area contributed by atoms with Gasteiger partial charge in [-0.25, -0.2) is 4.79 Å². The van der Waals surface area contributed by atoms with Crippen LogP contribution in [0.15, 0.2) is 0 Å². The molecule has 0 spiro atoms. The van der Waals surface area contributed by atoms with Gasteiger partial charge in [0.2, 0.25) is 5.91 Å². The molecule has 0 heterocycles. The summed E-state index contributed by atoms with van der Waals surface area (Å²) in [5.41, 5.74) is -0.409. The first-order valence-corrected chi connectivity index (χ1v) is 5.78. The monoisotopic (exact) mass is 245 g/mol. The van der Waals surface area contributed by atoms with Crippen LogP contribution in [0.4, 0.5) is 0 Å². The summed E-state index contributed by atoms with van der Waals surface area (Å²) < 4.78 is 5.27. The van der Waals surface area contributed by atoms with Crippen LogP contribution in [0.25, 0.3) is 0 Å². The largest absolute Gasteiger partial charge is 0.480 e. The molecule has 1 amide bonds.